The lowest BCUT2D eigenvalue weighted by Gasteiger charge is -2.12. The third-order valence-corrected chi connectivity index (χ3v) is 3.65. The zero-order valence-electron chi connectivity index (χ0n) is 10.5. The first-order chi connectivity index (χ1) is 9.63. The van der Waals surface area contributed by atoms with Crippen molar-refractivity contribution >= 4 is 29.0 Å². The molecule has 0 aliphatic heterocycles. The van der Waals surface area contributed by atoms with Gasteiger partial charge in [0.15, 0.2) is 5.78 Å². The number of hydrogen-bond donors (Lipinski definition) is 0. The van der Waals surface area contributed by atoms with Crippen molar-refractivity contribution in [1.82, 2.24) is 0 Å². The van der Waals surface area contributed by atoms with Gasteiger partial charge in [-0.3, -0.25) is 4.79 Å². The number of Topliss-reactive ketones (excluding diaryl/α,β-unsaturated/α-hetero) is 1. The van der Waals surface area contributed by atoms with Gasteiger partial charge in [0, 0.05) is 27.6 Å². The van der Waals surface area contributed by atoms with Crippen LogP contribution in [0.15, 0.2) is 48.5 Å². The Morgan fingerprint density at radius 3 is 2.20 bits per heavy atom. The summed E-state index contributed by atoms with van der Waals surface area (Å²) in [6, 6.07) is 16.0. The SMILES string of the molecule is N#C[C@@H](CC(=O)c1ccccc1)c1c(Cl)cccc1Cl. The lowest BCUT2D eigenvalue weighted by molar-refractivity contribution is 0.0979. The van der Waals surface area contributed by atoms with Gasteiger partial charge in [0.25, 0.3) is 0 Å². The molecule has 0 aliphatic carbocycles. The number of nitrogens with zero attached hydrogens (tertiary/aromatic N) is 1. The Morgan fingerprint density at radius 1 is 1.05 bits per heavy atom. The van der Waals surface area contributed by atoms with Crippen molar-refractivity contribution in [3.8, 4) is 6.07 Å². The maximum absolute atomic E-state index is 12.2. The number of rotatable bonds is 4. The lowest BCUT2D eigenvalue weighted by atomic mass is 9.92. The smallest absolute Gasteiger partial charge is 0.164 e. The highest BCUT2D eigenvalue weighted by atomic mass is 35.5. The molecule has 0 unspecified atom stereocenters. The molecular weight excluding hydrogens is 293 g/mol. The van der Waals surface area contributed by atoms with Crippen molar-refractivity contribution in [2.75, 3.05) is 0 Å². The Kier molecular flexibility index (Phi) is 4.79. The van der Waals surface area contributed by atoms with E-state index in [4.69, 9.17) is 23.2 Å². The van der Waals surface area contributed by atoms with Crippen molar-refractivity contribution in [3.63, 3.8) is 0 Å². The van der Waals surface area contributed by atoms with Gasteiger partial charge in [-0.2, -0.15) is 5.26 Å². The van der Waals surface area contributed by atoms with Crippen LogP contribution in [0.4, 0.5) is 0 Å². The summed E-state index contributed by atoms with van der Waals surface area (Å²) in [5.41, 5.74) is 1.10. The van der Waals surface area contributed by atoms with Crippen molar-refractivity contribution < 1.29 is 4.79 Å². The van der Waals surface area contributed by atoms with Crippen LogP contribution < -0.4 is 0 Å². The van der Waals surface area contributed by atoms with E-state index in [0.29, 0.717) is 21.2 Å². The molecule has 0 radical (unpaired) electrons. The topological polar surface area (TPSA) is 40.9 Å². The minimum absolute atomic E-state index is 0.0595. The van der Waals surface area contributed by atoms with E-state index in [9.17, 15) is 10.1 Å². The number of benzene rings is 2. The average Bonchev–Trinajstić information content (AvgIpc) is 2.46. The normalized spacial score (nSPS) is 11.7. The first kappa shape index (κ1) is 14.6. The van der Waals surface area contributed by atoms with Crippen LogP contribution in [0.3, 0.4) is 0 Å². The molecule has 1 atom stereocenters. The third kappa shape index (κ3) is 3.19. The maximum Gasteiger partial charge on any atom is 0.164 e. The van der Waals surface area contributed by atoms with Crippen LogP contribution in [-0.2, 0) is 0 Å². The summed E-state index contributed by atoms with van der Waals surface area (Å²) >= 11 is 12.2. The Morgan fingerprint density at radius 2 is 1.65 bits per heavy atom. The summed E-state index contributed by atoms with van der Waals surface area (Å²) in [4.78, 5) is 12.2. The van der Waals surface area contributed by atoms with Gasteiger partial charge < -0.3 is 0 Å². The van der Waals surface area contributed by atoms with Crippen LogP contribution in [0.2, 0.25) is 10.0 Å². The van der Waals surface area contributed by atoms with Gasteiger partial charge in [0.2, 0.25) is 0 Å². The van der Waals surface area contributed by atoms with Crippen molar-refractivity contribution in [2.45, 2.75) is 12.3 Å². The standard InChI is InChI=1S/C16H11Cl2NO/c17-13-7-4-8-14(18)16(13)12(10-19)9-15(20)11-5-2-1-3-6-11/h1-8,12H,9H2/t12-/m1/s1. The van der Waals surface area contributed by atoms with E-state index in [1.165, 1.54) is 0 Å². The van der Waals surface area contributed by atoms with Crippen LogP contribution in [0, 0.1) is 11.3 Å². The second-order valence-electron chi connectivity index (χ2n) is 4.31. The molecule has 2 aromatic rings. The van der Waals surface area contributed by atoms with Gasteiger partial charge >= 0.3 is 0 Å². The molecule has 4 heteroatoms. The number of carbonyl (C=O) groups is 1. The third-order valence-electron chi connectivity index (χ3n) is 2.99. The van der Waals surface area contributed by atoms with Gasteiger partial charge in [0.05, 0.1) is 12.0 Å². The van der Waals surface area contributed by atoms with Crippen LogP contribution in [0.1, 0.15) is 28.3 Å². The zero-order valence-corrected chi connectivity index (χ0v) is 12.0. The molecule has 0 aliphatic rings. The van der Waals surface area contributed by atoms with E-state index in [1.807, 2.05) is 6.07 Å². The molecule has 0 spiro atoms. The Bertz CT molecular complexity index is 642. The first-order valence-corrected chi connectivity index (χ1v) is 6.81. The number of hydrogen-bond acceptors (Lipinski definition) is 2. The predicted molar refractivity (Wildman–Crippen MR) is 80.2 cm³/mol. The summed E-state index contributed by atoms with van der Waals surface area (Å²) in [6.45, 7) is 0. The average molecular weight is 304 g/mol. The summed E-state index contributed by atoms with van der Waals surface area (Å²) in [6.07, 6.45) is 0.0595. The largest absolute Gasteiger partial charge is 0.294 e. The summed E-state index contributed by atoms with van der Waals surface area (Å²) in [5.74, 6) is -0.753. The molecule has 20 heavy (non-hydrogen) atoms. The maximum atomic E-state index is 12.2. The molecule has 2 nitrogen and oxygen atoms in total. The summed E-state index contributed by atoms with van der Waals surface area (Å²) in [7, 11) is 0. The number of nitriles is 1. The van der Waals surface area contributed by atoms with E-state index >= 15 is 0 Å². The van der Waals surface area contributed by atoms with Crippen molar-refractivity contribution in [1.29, 1.82) is 5.26 Å². The second kappa shape index (κ2) is 6.56. The molecule has 0 fully saturated rings. The van der Waals surface area contributed by atoms with Crippen molar-refractivity contribution in [2.24, 2.45) is 0 Å². The first-order valence-electron chi connectivity index (χ1n) is 6.05. The lowest BCUT2D eigenvalue weighted by Crippen LogP contribution is -2.07. The molecule has 0 amide bonds. The Labute approximate surface area is 127 Å². The number of ketones is 1. The van der Waals surface area contributed by atoms with E-state index in [-0.39, 0.29) is 12.2 Å². The monoisotopic (exact) mass is 303 g/mol. The Hall–Kier alpha value is -1.82. The fraction of sp³-hybridized carbons (Fsp3) is 0.125. The summed E-state index contributed by atoms with van der Waals surface area (Å²) in [5, 5.41) is 10.1. The van der Waals surface area contributed by atoms with Gasteiger partial charge in [-0.05, 0) is 12.1 Å². The molecule has 0 saturated carbocycles. The van der Waals surface area contributed by atoms with E-state index in [0.717, 1.165) is 0 Å². The minimum atomic E-state index is -0.649. The molecule has 0 aromatic heterocycles. The quantitative estimate of drug-likeness (QED) is 0.756. The fourth-order valence-corrected chi connectivity index (χ4v) is 2.64. The number of halogens is 2. The second-order valence-corrected chi connectivity index (χ2v) is 5.12. The Balaban J connectivity index is 2.27. The molecule has 2 aromatic carbocycles. The van der Waals surface area contributed by atoms with E-state index < -0.39 is 5.92 Å². The highest BCUT2D eigenvalue weighted by molar-refractivity contribution is 6.36. The highest BCUT2D eigenvalue weighted by Gasteiger charge is 2.21. The minimum Gasteiger partial charge on any atom is -0.294 e. The van der Waals surface area contributed by atoms with Gasteiger partial charge in [-0.25, -0.2) is 0 Å². The molecule has 2 rings (SSSR count). The van der Waals surface area contributed by atoms with Crippen LogP contribution >= 0.6 is 23.2 Å². The van der Waals surface area contributed by atoms with Gasteiger partial charge in [-0.15, -0.1) is 0 Å². The van der Waals surface area contributed by atoms with E-state index in [1.54, 1.807) is 42.5 Å². The van der Waals surface area contributed by atoms with Gasteiger partial charge in [0.1, 0.15) is 0 Å². The van der Waals surface area contributed by atoms with Crippen LogP contribution in [0.25, 0.3) is 0 Å². The molecule has 100 valence electrons. The zero-order chi connectivity index (χ0) is 14.5. The molecule has 0 bridgehead atoms. The van der Waals surface area contributed by atoms with Gasteiger partial charge in [-0.1, -0.05) is 59.6 Å². The highest BCUT2D eigenvalue weighted by Crippen LogP contribution is 2.33. The number of carbonyl (C=O) groups excluding carboxylic acids is 1. The predicted octanol–water partition coefficient (Wildman–Crippen LogP) is 4.87. The molecule has 0 heterocycles. The molecule has 0 saturated heterocycles. The van der Waals surface area contributed by atoms with Crippen molar-refractivity contribution in [3.05, 3.63) is 69.7 Å². The van der Waals surface area contributed by atoms with Crippen LogP contribution in [-0.4, -0.2) is 5.78 Å². The van der Waals surface area contributed by atoms with Crippen LogP contribution in [0.5, 0.6) is 0 Å². The molecular formula is C16H11Cl2NO. The van der Waals surface area contributed by atoms with E-state index in [2.05, 4.69) is 6.07 Å². The molecule has 0 N–H and O–H groups in total. The fourth-order valence-electron chi connectivity index (χ4n) is 1.98. The summed E-state index contributed by atoms with van der Waals surface area (Å²) < 4.78 is 0.